The molecule has 5 heteroatoms. The number of amides is 2. The molecule has 1 fully saturated rings. The lowest BCUT2D eigenvalue weighted by atomic mass is 10.2. The second kappa shape index (κ2) is 5.70. The molecule has 0 aromatic carbocycles. The van der Waals surface area contributed by atoms with Crippen molar-refractivity contribution in [2.45, 2.75) is 39.2 Å². The first kappa shape index (κ1) is 12.0. The van der Waals surface area contributed by atoms with Crippen molar-refractivity contribution >= 4 is 6.03 Å². The Balaban J connectivity index is 1.79. The zero-order valence-electron chi connectivity index (χ0n) is 10.2. The number of hydrogen-bond donors (Lipinski definition) is 1. The van der Waals surface area contributed by atoms with Gasteiger partial charge in [0.2, 0.25) is 0 Å². The van der Waals surface area contributed by atoms with E-state index in [9.17, 15) is 4.79 Å². The smallest absolute Gasteiger partial charge is 0.317 e. The van der Waals surface area contributed by atoms with Gasteiger partial charge in [0.15, 0.2) is 5.76 Å². The number of likely N-dealkylation sites (tertiary alicyclic amines) is 1. The Morgan fingerprint density at radius 2 is 2.12 bits per heavy atom. The number of aryl methyl sites for hydroxylation is 1. The van der Waals surface area contributed by atoms with Crippen molar-refractivity contribution in [2.75, 3.05) is 13.1 Å². The number of urea groups is 1. The average molecular weight is 237 g/mol. The molecular weight excluding hydrogens is 218 g/mol. The van der Waals surface area contributed by atoms with Crippen LogP contribution in [0.25, 0.3) is 0 Å². The summed E-state index contributed by atoms with van der Waals surface area (Å²) in [6, 6.07) is 1.84. The van der Waals surface area contributed by atoms with Gasteiger partial charge in [-0.25, -0.2) is 4.79 Å². The molecule has 1 aliphatic rings. The maximum absolute atomic E-state index is 11.9. The fourth-order valence-corrected chi connectivity index (χ4v) is 2.05. The maximum atomic E-state index is 11.9. The Hall–Kier alpha value is -1.52. The number of nitrogens with one attached hydrogen (secondary N) is 1. The first-order valence-electron chi connectivity index (χ1n) is 6.20. The van der Waals surface area contributed by atoms with Gasteiger partial charge < -0.3 is 14.7 Å². The second-order valence-electron chi connectivity index (χ2n) is 4.49. The van der Waals surface area contributed by atoms with E-state index in [0.29, 0.717) is 12.3 Å². The van der Waals surface area contributed by atoms with Crippen LogP contribution in [-0.2, 0) is 6.54 Å². The molecule has 0 radical (unpaired) electrons. The predicted octanol–water partition coefficient (Wildman–Crippen LogP) is 2.07. The largest absolute Gasteiger partial charge is 0.359 e. The summed E-state index contributed by atoms with van der Waals surface area (Å²) in [7, 11) is 0. The monoisotopic (exact) mass is 237 g/mol. The van der Waals surface area contributed by atoms with Gasteiger partial charge >= 0.3 is 6.03 Å². The molecule has 1 saturated heterocycles. The number of nitrogens with zero attached hydrogens (tertiary/aromatic N) is 2. The Labute approximate surface area is 101 Å². The fraction of sp³-hybridized carbons (Fsp3) is 0.667. The normalized spacial score (nSPS) is 16.6. The summed E-state index contributed by atoms with van der Waals surface area (Å²) in [6.45, 7) is 4.00. The number of carbonyl (C=O) groups excluding carboxylic acids is 1. The van der Waals surface area contributed by atoms with Crippen molar-refractivity contribution in [1.29, 1.82) is 0 Å². The number of carbonyl (C=O) groups is 1. The van der Waals surface area contributed by atoms with Crippen LogP contribution < -0.4 is 5.32 Å². The standard InChI is InChI=1S/C12H19N3O2/c1-10-8-11(17-14-10)9-13-12(16)15-6-4-2-3-5-7-15/h8H,2-7,9H2,1H3,(H,13,16). The summed E-state index contributed by atoms with van der Waals surface area (Å²) in [5, 5.41) is 6.65. The van der Waals surface area contributed by atoms with Crippen molar-refractivity contribution < 1.29 is 9.32 Å². The van der Waals surface area contributed by atoms with Crippen LogP contribution in [0.15, 0.2) is 10.6 Å². The molecule has 1 aliphatic heterocycles. The van der Waals surface area contributed by atoms with E-state index in [1.807, 2.05) is 17.9 Å². The Morgan fingerprint density at radius 1 is 1.41 bits per heavy atom. The molecule has 2 amide bonds. The van der Waals surface area contributed by atoms with Gasteiger partial charge in [0, 0.05) is 19.2 Å². The first-order valence-corrected chi connectivity index (χ1v) is 6.20. The molecule has 0 spiro atoms. The Morgan fingerprint density at radius 3 is 2.71 bits per heavy atom. The van der Waals surface area contributed by atoms with Crippen molar-refractivity contribution in [3.05, 3.63) is 17.5 Å². The van der Waals surface area contributed by atoms with Gasteiger partial charge in [0.1, 0.15) is 0 Å². The molecule has 1 aromatic rings. The molecule has 94 valence electrons. The van der Waals surface area contributed by atoms with E-state index in [-0.39, 0.29) is 6.03 Å². The van der Waals surface area contributed by atoms with Crippen molar-refractivity contribution in [3.63, 3.8) is 0 Å². The molecule has 1 N–H and O–H groups in total. The molecular formula is C12H19N3O2. The summed E-state index contributed by atoms with van der Waals surface area (Å²) >= 11 is 0. The summed E-state index contributed by atoms with van der Waals surface area (Å²) in [5.74, 6) is 0.700. The molecule has 17 heavy (non-hydrogen) atoms. The van der Waals surface area contributed by atoms with Crippen LogP contribution in [0, 0.1) is 6.92 Å². The predicted molar refractivity (Wildman–Crippen MR) is 63.5 cm³/mol. The lowest BCUT2D eigenvalue weighted by Gasteiger charge is -2.20. The summed E-state index contributed by atoms with van der Waals surface area (Å²) in [6.07, 6.45) is 4.67. The molecule has 0 saturated carbocycles. The van der Waals surface area contributed by atoms with E-state index in [1.165, 1.54) is 12.8 Å². The van der Waals surface area contributed by atoms with Crippen LogP contribution in [0.5, 0.6) is 0 Å². The van der Waals surface area contributed by atoms with Crippen LogP contribution >= 0.6 is 0 Å². The molecule has 0 atom stereocenters. The zero-order valence-corrected chi connectivity index (χ0v) is 10.2. The van der Waals surface area contributed by atoms with Crippen LogP contribution in [0.4, 0.5) is 4.79 Å². The number of rotatable bonds is 2. The SMILES string of the molecule is Cc1cc(CNC(=O)N2CCCCCC2)on1. The molecule has 0 unspecified atom stereocenters. The van der Waals surface area contributed by atoms with E-state index < -0.39 is 0 Å². The van der Waals surface area contributed by atoms with Crippen LogP contribution in [0.1, 0.15) is 37.1 Å². The summed E-state index contributed by atoms with van der Waals surface area (Å²) < 4.78 is 5.04. The lowest BCUT2D eigenvalue weighted by molar-refractivity contribution is 0.198. The Kier molecular flexibility index (Phi) is 4.01. The third-order valence-corrected chi connectivity index (χ3v) is 2.98. The van der Waals surface area contributed by atoms with Crippen molar-refractivity contribution in [2.24, 2.45) is 0 Å². The van der Waals surface area contributed by atoms with Crippen LogP contribution in [0.3, 0.4) is 0 Å². The third-order valence-electron chi connectivity index (χ3n) is 2.98. The molecule has 2 rings (SSSR count). The number of hydrogen-bond acceptors (Lipinski definition) is 3. The van der Waals surface area contributed by atoms with Crippen LogP contribution in [0.2, 0.25) is 0 Å². The second-order valence-corrected chi connectivity index (χ2v) is 4.49. The van der Waals surface area contributed by atoms with Gasteiger partial charge in [0.25, 0.3) is 0 Å². The highest BCUT2D eigenvalue weighted by atomic mass is 16.5. The molecule has 2 heterocycles. The van der Waals surface area contributed by atoms with E-state index in [2.05, 4.69) is 10.5 Å². The van der Waals surface area contributed by atoms with E-state index >= 15 is 0 Å². The summed E-state index contributed by atoms with van der Waals surface area (Å²) in [5.41, 5.74) is 0.837. The third kappa shape index (κ3) is 3.47. The molecule has 0 aliphatic carbocycles. The minimum absolute atomic E-state index is 0.000882. The topological polar surface area (TPSA) is 58.4 Å². The first-order chi connectivity index (χ1) is 8.25. The lowest BCUT2D eigenvalue weighted by Crippen LogP contribution is -2.40. The van der Waals surface area contributed by atoms with E-state index in [1.54, 1.807) is 0 Å². The zero-order chi connectivity index (χ0) is 12.1. The van der Waals surface area contributed by atoms with Gasteiger partial charge in [-0.05, 0) is 19.8 Å². The quantitative estimate of drug-likeness (QED) is 0.856. The van der Waals surface area contributed by atoms with Gasteiger partial charge in [-0.1, -0.05) is 18.0 Å². The number of aromatic nitrogens is 1. The molecule has 0 bridgehead atoms. The maximum Gasteiger partial charge on any atom is 0.317 e. The van der Waals surface area contributed by atoms with Gasteiger partial charge in [-0.2, -0.15) is 0 Å². The average Bonchev–Trinajstić information content (AvgIpc) is 2.58. The van der Waals surface area contributed by atoms with Gasteiger partial charge in [-0.15, -0.1) is 0 Å². The van der Waals surface area contributed by atoms with Crippen molar-refractivity contribution in [3.8, 4) is 0 Å². The van der Waals surface area contributed by atoms with Gasteiger partial charge in [0.05, 0.1) is 12.2 Å². The van der Waals surface area contributed by atoms with Crippen LogP contribution in [-0.4, -0.2) is 29.2 Å². The van der Waals surface area contributed by atoms with E-state index in [4.69, 9.17) is 4.52 Å². The highest BCUT2D eigenvalue weighted by Gasteiger charge is 2.15. The minimum Gasteiger partial charge on any atom is -0.359 e. The van der Waals surface area contributed by atoms with E-state index in [0.717, 1.165) is 31.6 Å². The minimum atomic E-state index is 0.000882. The molecule has 1 aromatic heterocycles. The van der Waals surface area contributed by atoms with Gasteiger partial charge in [-0.3, -0.25) is 0 Å². The van der Waals surface area contributed by atoms with Crippen molar-refractivity contribution in [1.82, 2.24) is 15.4 Å². The fourth-order valence-electron chi connectivity index (χ4n) is 2.05. The highest BCUT2D eigenvalue weighted by Crippen LogP contribution is 2.10. The summed E-state index contributed by atoms with van der Waals surface area (Å²) in [4.78, 5) is 13.8. The Bertz CT molecular complexity index is 368. The molecule has 5 nitrogen and oxygen atoms in total. The highest BCUT2D eigenvalue weighted by molar-refractivity contribution is 5.74.